The maximum atomic E-state index is 13.2. The molecule has 1 unspecified atom stereocenters. The van der Waals surface area contributed by atoms with Crippen LogP contribution in [0.2, 0.25) is 10.0 Å². The fraction of sp³-hybridized carbons (Fsp3) is 0.269. The quantitative estimate of drug-likeness (QED) is 0.332. The molecule has 35 heavy (non-hydrogen) atoms. The van der Waals surface area contributed by atoms with Crippen molar-refractivity contribution >= 4 is 40.8 Å². The lowest BCUT2D eigenvalue weighted by Gasteiger charge is -2.23. The first kappa shape index (κ1) is 26.5. The fourth-order valence-electron chi connectivity index (χ4n) is 3.66. The van der Waals surface area contributed by atoms with Crippen molar-refractivity contribution in [2.24, 2.45) is 0 Å². The first-order valence-electron chi connectivity index (χ1n) is 11.2. The van der Waals surface area contributed by atoms with Crippen LogP contribution < -0.4 is 21.7 Å². The molecule has 0 aliphatic rings. The number of nitrogens with one attached hydrogen (secondary N) is 3. The topological polar surface area (TPSA) is 109 Å². The van der Waals surface area contributed by atoms with E-state index < -0.39 is 12.1 Å². The van der Waals surface area contributed by atoms with Gasteiger partial charge in [0.15, 0.2) is 0 Å². The number of carbonyl (C=O) groups is 2. The minimum atomic E-state index is -0.826. The zero-order valence-corrected chi connectivity index (χ0v) is 21.2. The molecule has 3 rings (SSSR count). The van der Waals surface area contributed by atoms with Crippen LogP contribution in [0.4, 0.5) is 5.82 Å². The molecular formula is C26H29Cl2N5O2. The van der Waals surface area contributed by atoms with Gasteiger partial charge in [-0.3, -0.25) is 9.59 Å². The van der Waals surface area contributed by atoms with Crippen molar-refractivity contribution in [2.75, 3.05) is 12.8 Å². The Hall–Kier alpha value is -3.13. The van der Waals surface area contributed by atoms with Crippen molar-refractivity contribution in [3.8, 4) is 0 Å². The van der Waals surface area contributed by atoms with Crippen molar-refractivity contribution < 1.29 is 9.59 Å². The van der Waals surface area contributed by atoms with Gasteiger partial charge in [-0.2, -0.15) is 0 Å². The standard InChI is InChI=1S/C26H29Cl2N5O2/c1-16-19(9-11-24(29)32-16)15-31-25(34)23(14-18-8-10-20(27)21(28)12-18)33-26(35)22(30-2)13-17-6-4-3-5-7-17/h3-12,22-23,30H,13-15H2,1-2H3,(H2,29,32)(H,31,34)(H,33,35)/t22?,23-/m1/s1. The number of aryl methyl sites for hydroxylation is 1. The summed E-state index contributed by atoms with van der Waals surface area (Å²) in [6.45, 7) is 2.08. The number of hydrogen-bond donors (Lipinski definition) is 4. The van der Waals surface area contributed by atoms with Gasteiger partial charge in [0.25, 0.3) is 0 Å². The summed E-state index contributed by atoms with van der Waals surface area (Å²) in [5.74, 6) is -0.184. The second-order valence-electron chi connectivity index (χ2n) is 8.24. The van der Waals surface area contributed by atoms with E-state index >= 15 is 0 Å². The van der Waals surface area contributed by atoms with Gasteiger partial charge in [0, 0.05) is 18.7 Å². The summed E-state index contributed by atoms with van der Waals surface area (Å²) >= 11 is 12.2. The molecule has 0 bridgehead atoms. The van der Waals surface area contributed by atoms with E-state index in [1.807, 2.05) is 43.3 Å². The molecule has 9 heteroatoms. The average molecular weight is 514 g/mol. The van der Waals surface area contributed by atoms with Gasteiger partial charge in [-0.05, 0) is 55.3 Å². The lowest BCUT2D eigenvalue weighted by Crippen LogP contribution is -2.53. The van der Waals surface area contributed by atoms with Crippen LogP contribution in [-0.4, -0.2) is 35.9 Å². The van der Waals surface area contributed by atoms with Gasteiger partial charge >= 0.3 is 0 Å². The van der Waals surface area contributed by atoms with E-state index in [1.54, 1.807) is 31.3 Å². The van der Waals surface area contributed by atoms with Gasteiger partial charge < -0.3 is 21.7 Å². The summed E-state index contributed by atoms with van der Waals surface area (Å²) < 4.78 is 0. The predicted molar refractivity (Wildman–Crippen MR) is 140 cm³/mol. The molecule has 184 valence electrons. The third kappa shape index (κ3) is 7.68. The number of amides is 2. The van der Waals surface area contributed by atoms with E-state index in [0.29, 0.717) is 22.3 Å². The Labute approximate surface area is 215 Å². The number of benzene rings is 2. The number of halogens is 2. The normalized spacial score (nSPS) is 12.6. The molecule has 5 N–H and O–H groups in total. The molecule has 0 fully saturated rings. The Morgan fingerprint density at radius 3 is 2.29 bits per heavy atom. The Morgan fingerprint density at radius 1 is 0.914 bits per heavy atom. The van der Waals surface area contributed by atoms with Gasteiger partial charge in [0.1, 0.15) is 11.9 Å². The van der Waals surface area contributed by atoms with Gasteiger partial charge in [-0.1, -0.05) is 65.7 Å². The van der Waals surface area contributed by atoms with E-state index in [2.05, 4.69) is 20.9 Å². The van der Waals surface area contributed by atoms with Crippen molar-refractivity contribution in [1.29, 1.82) is 0 Å². The molecule has 0 saturated carbocycles. The van der Waals surface area contributed by atoms with Crippen molar-refractivity contribution in [3.63, 3.8) is 0 Å². The molecule has 2 amide bonds. The second kappa shape index (κ2) is 12.5. The van der Waals surface area contributed by atoms with Crippen LogP contribution in [0.3, 0.4) is 0 Å². The smallest absolute Gasteiger partial charge is 0.243 e. The molecule has 0 aliphatic carbocycles. The van der Waals surface area contributed by atoms with Crippen LogP contribution >= 0.6 is 23.2 Å². The average Bonchev–Trinajstić information content (AvgIpc) is 2.84. The number of pyridine rings is 1. The highest BCUT2D eigenvalue weighted by Crippen LogP contribution is 2.23. The van der Waals surface area contributed by atoms with Crippen LogP contribution in [0.5, 0.6) is 0 Å². The molecule has 1 heterocycles. The van der Waals surface area contributed by atoms with E-state index in [0.717, 1.165) is 22.4 Å². The van der Waals surface area contributed by atoms with Gasteiger partial charge in [-0.25, -0.2) is 4.98 Å². The van der Waals surface area contributed by atoms with E-state index in [4.69, 9.17) is 28.9 Å². The van der Waals surface area contributed by atoms with Crippen LogP contribution in [0, 0.1) is 6.92 Å². The summed E-state index contributed by atoms with van der Waals surface area (Å²) in [6.07, 6.45) is 0.732. The highest BCUT2D eigenvalue weighted by atomic mass is 35.5. The number of carbonyl (C=O) groups excluding carboxylic acids is 2. The first-order valence-corrected chi connectivity index (χ1v) is 12.0. The largest absolute Gasteiger partial charge is 0.384 e. The molecular weight excluding hydrogens is 485 g/mol. The molecule has 7 nitrogen and oxygen atoms in total. The Morgan fingerprint density at radius 2 is 1.63 bits per heavy atom. The molecule has 1 aromatic heterocycles. The molecule has 0 aliphatic heterocycles. The van der Waals surface area contributed by atoms with Crippen LogP contribution in [0.1, 0.15) is 22.4 Å². The van der Waals surface area contributed by atoms with Gasteiger partial charge in [0.2, 0.25) is 11.8 Å². The summed E-state index contributed by atoms with van der Waals surface area (Å²) in [5, 5.41) is 9.66. The number of nitrogen functional groups attached to an aromatic ring is 1. The maximum Gasteiger partial charge on any atom is 0.243 e. The summed E-state index contributed by atoms with van der Waals surface area (Å²) in [5.41, 5.74) is 9.07. The summed E-state index contributed by atoms with van der Waals surface area (Å²) in [7, 11) is 1.72. The van der Waals surface area contributed by atoms with Crippen molar-refractivity contribution in [3.05, 3.63) is 93.1 Å². The van der Waals surface area contributed by atoms with Crippen molar-refractivity contribution in [2.45, 2.75) is 38.4 Å². The molecule has 0 radical (unpaired) electrons. The number of likely N-dealkylation sites (N-methyl/N-ethyl adjacent to an activating group) is 1. The van der Waals surface area contributed by atoms with E-state index in [-0.39, 0.29) is 24.8 Å². The highest BCUT2D eigenvalue weighted by molar-refractivity contribution is 6.42. The first-order chi connectivity index (χ1) is 16.8. The van der Waals surface area contributed by atoms with Crippen molar-refractivity contribution in [1.82, 2.24) is 20.9 Å². The lowest BCUT2D eigenvalue weighted by atomic mass is 10.0. The number of aromatic nitrogens is 1. The minimum Gasteiger partial charge on any atom is -0.384 e. The molecule has 2 aromatic carbocycles. The second-order valence-corrected chi connectivity index (χ2v) is 9.06. The number of hydrogen-bond acceptors (Lipinski definition) is 5. The lowest BCUT2D eigenvalue weighted by molar-refractivity contribution is -0.130. The third-order valence-electron chi connectivity index (χ3n) is 5.67. The maximum absolute atomic E-state index is 13.2. The summed E-state index contributed by atoms with van der Waals surface area (Å²) in [6, 6.07) is 17.0. The molecule has 3 aromatic rings. The third-order valence-corrected chi connectivity index (χ3v) is 6.41. The molecule has 0 spiro atoms. The molecule has 0 saturated heterocycles. The van der Waals surface area contributed by atoms with Crippen LogP contribution in [-0.2, 0) is 29.0 Å². The number of nitrogens with two attached hydrogens (primary N) is 1. The van der Waals surface area contributed by atoms with Gasteiger partial charge in [-0.15, -0.1) is 0 Å². The number of anilines is 1. The fourth-order valence-corrected chi connectivity index (χ4v) is 3.98. The monoisotopic (exact) mass is 513 g/mol. The molecule has 2 atom stereocenters. The predicted octanol–water partition coefficient (Wildman–Crippen LogP) is 3.45. The van der Waals surface area contributed by atoms with E-state index in [9.17, 15) is 9.59 Å². The van der Waals surface area contributed by atoms with Crippen LogP contribution in [0.25, 0.3) is 0 Å². The highest BCUT2D eigenvalue weighted by Gasteiger charge is 2.25. The Kier molecular flexibility index (Phi) is 9.48. The number of nitrogens with zero attached hydrogens (tertiary/aromatic N) is 1. The SMILES string of the molecule is CNC(Cc1ccccc1)C(=O)N[C@H](Cc1ccc(Cl)c(Cl)c1)C(=O)NCc1ccc(N)nc1C. The van der Waals surface area contributed by atoms with Gasteiger partial charge in [0.05, 0.1) is 16.1 Å². The zero-order chi connectivity index (χ0) is 25.4. The zero-order valence-electron chi connectivity index (χ0n) is 19.6. The van der Waals surface area contributed by atoms with E-state index in [1.165, 1.54) is 0 Å². The van der Waals surface area contributed by atoms with Crippen LogP contribution in [0.15, 0.2) is 60.7 Å². The Balaban J connectivity index is 1.75. The summed E-state index contributed by atoms with van der Waals surface area (Å²) in [4.78, 5) is 30.6. The number of rotatable bonds is 10. The Bertz CT molecular complexity index is 1170. The minimum absolute atomic E-state index is 0.245.